The molecule has 0 aliphatic carbocycles. The molecule has 1 aliphatic heterocycles. The van der Waals surface area contributed by atoms with Crippen molar-refractivity contribution in [3.05, 3.63) is 71.5 Å². The number of nitrogen functional groups attached to an aromatic ring is 1. The molecule has 2 aromatic heterocycles. The Morgan fingerprint density at radius 1 is 1.00 bits per heavy atom. The molecule has 0 bridgehead atoms. The first-order valence-electron chi connectivity index (χ1n) is 9.68. The Balaban J connectivity index is 1.73. The van der Waals surface area contributed by atoms with E-state index in [-0.39, 0.29) is 5.92 Å². The molecule has 3 heterocycles. The number of hydrogen-bond acceptors (Lipinski definition) is 6. The summed E-state index contributed by atoms with van der Waals surface area (Å²) in [4.78, 5) is 11.1. The molecule has 1 atom stereocenters. The summed E-state index contributed by atoms with van der Waals surface area (Å²) >= 11 is 6.14. The second-order valence-electron chi connectivity index (χ2n) is 7.47. The van der Waals surface area contributed by atoms with Crippen LogP contribution < -0.4 is 10.6 Å². The number of hydrogen-bond donors (Lipinski definition) is 1. The van der Waals surface area contributed by atoms with Gasteiger partial charge in [0.2, 0.25) is 0 Å². The largest absolute Gasteiger partial charge is 0.396 e. The summed E-state index contributed by atoms with van der Waals surface area (Å²) in [6, 6.07) is 14.1. The molecule has 0 spiro atoms. The Bertz CT molecular complexity index is 1220. The molecule has 8 heteroatoms. The number of aryl methyl sites for hydroxylation is 1. The quantitative estimate of drug-likeness (QED) is 0.516. The van der Waals surface area contributed by atoms with E-state index in [0.29, 0.717) is 16.5 Å². The first-order valence-corrected chi connectivity index (χ1v) is 10.1. The van der Waals surface area contributed by atoms with Crippen molar-refractivity contribution < 1.29 is 0 Å². The van der Waals surface area contributed by atoms with E-state index in [2.05, 4.69) is 48.7 Å². The molecule has 0 amide bonds. The molecule has 0 saturated carbocycles. The number of anilines is 3. The van der Waals surface area contributed by atoms with Gasteiger partial charge < -0.3 is 10.6 Å². The number of rotatable bonds is 2. The van der Waals surface area contributed by atoms with E-state index in [1.165, 1.54) is 0 Å². The van der Waals surface area contributed by atoms with Crippen LogP contribution in [0.25, 0.3) is 17.1 Å². The summed E-state index contributed by atoms with van der Waals surface area (Å²) < 4.78 is 2.13. The third-order valence-electron chi connectivity index (χ3n) is 5.32. The fraction of sp³-hybridized carbons (Fsp3) is 0.182. The third-order valence-corrected chi connectivity index (χ3v) is 5.57. The Labute approximate surface area is 179 Å². The lowest BCUT2D eigenvalue weighted by atomic mass is 10.1. The number of nitrogens with two attached hydrogens (primary N) is 1. The minimum Gasteiger partial charge on any atom is -0.396 e. The van der Waals surface area contributed by atoms with Gasteiger partial charge in [-0.15, -0.1) is 10.2 Å². The summed E-state index contributed by atoms with van der Waals surface area (Å²) in [5, 5.41) is 9.49. The maximum absolute atomic E-state index is 6.14. The average molecular weight is 418 g/mol. The highest BCUT2D eigenvalue weighted by Gasteiger charge is 2.28. The molecular formula is C22H20ClN7. The minimum absolute atomic E-state index is 0.172. The van der Waals surface area contributed by atoms with Gasteiger partial charge in [0.25, 0.3) is 0 Å². The van der Waals surface area contributed by atoms with E-state index >= 15 is 0 Å². The highest BCUT2D eigenvalue weighted by molar-refractivity contribution is 6.30. The van der Waals surface area contributed by atoms with E-state index in [4.69, 9.17) is 17.3 Å². The predicted octanol–water partition coefficient (Wildman–Crippen LogP) is 4.52. The summed E-state index contributed by atoms with van der Waals surface area (Å²) in [5.74, 6) is 2.60. The maximum Gasteiger partial charge on any atom is 0.159 e. The topological polar surface area (TPSA) is 85.8 Å². The predicted molar refractivity (Wildman–Crippen MR) is 118 cm³/mol. The van der Waals surface area contributed by atoms with Crippen LogP contribution in [0.15, 0.2) is 54.9 Å². The maximum atomic E-state index is 6.14. The molecule has 2 aromatic carbocycles. The van der Waals surface area contributed by atoms with Crippen LogP contribution in [0.1, 0.15) is 24.5 Å². The first kappa shape index (κ1) is 18.6. The lowest BCUT2D eigenvalue weighted by Crippen LogP contribution is -2.22. The van der Waals surface area contributed by atoms with Crippen molar-refractivity contribution in [3.63, 3.8) is 0 Å². The number of halogens is 1. The van der Waals surface area contributed by atoms with Crippen molar-refractivity contribution in [2.24, 2.45) is 0 Å². The first-order chi connectivity index (χ1) is 14.5. The molecule has 1 aliphatic rings. The van der Waals surface area contributed by atoms with Gasteiger partial charge in [-0.05, 0) is 49.4 Å². The molecule has 30 heavy (non-hydrogen) atoms. The van der Waals surface area contributed by atoms with Crippen LogP contribution in [0, 0.1) is 6.92 Å². The Morgan fingerprint density at radius 3 is 2.47 bits per heavy atom. The zero-order chi connectivity index (χ0) is 20.8. The second kappa shape index (κ2) is 7.11. The molecule has 0 saturated heterocycles. The molecule has 2 N–H and O–H groups in total. The summed E-state index contributed by atoms with van der Waals surface area (Å²) in [7, 11) is 0. The molecule has 7 nitrogen and oxygen atoms in total. The third kappa shape index (κ3) is 3.07. The van der Waals surface area contributed by atoms with Crippen molar-refractivity contribution in [1.29, 1.82) is 0 Å². The molecule has 150 valence electrons. The number of aromatic nitrogens is 5. The Hall–Kier alpha value is -3.45. The van der Waals surface area contributed by atoms with Crippen molar-refractivity contribution in [1.82, 2.24) is 24.7 Å². The summed E-state index contributed by atoms with van der Waals surface area (Å²) in [6.45, 7) is 4.89. The van der Waals surface area contributed by atoms with E-state index < -0.39 is 0 Å². The molecule has 0 fully saturated rings. The van der Waals surface area contributed by atoms with Crippen molar-refractivity contribution >= 4 is 28.7 Å². The molecular weight excluding hydrogens is 398 g/mol. The van der Waals surface area contributed by atoms with Gasteiger partial charge in [-0.3, -0.25) is 4.57 Å². The lowest BCUT2D eigenvalue weighted by Gasteiger charge is -2.27. The average Bonchev–Trinajstić information content (AvgIpc) is 3.08. The van der Waals surface area contributed by atoms with Gasteiger partial charge in [0.15, 0.2) is 5.82 Å². The van der Waals surface area contributed by atoms with Gasteiger partial charge in [0.1, 0.15) is 11.6 Å². The van der Waals surface area contributed by atoms with E-state index in [1.54, 1.807) is 12.4 Å². The standard InChI is InChI=1S/C22H20ClN7/c1-13-12-29(18-6-4-16(23)5-7-18)20-9-15(21-25-10-17(24)11-26-21)3-8-19(20)30-14(2)27-28-22(13)30/h3-11,13H,12,24H2,1-2H3. The smallest absolute Gasteiger partial charge is 0.159 e. The van der Waals surface area contributed by atoms with Crippen LogP contribution in [0.2, 0.25) is 5.02 Å². The zero-order valence-corrected chi connectivity index (χ0v) is 17.4. The van der Waals surface area contributed by atoms with Gasteiger partial charge in [-0.25, -0.2) is 9.97 Å². The van der Waals surface area contributed by atoms with Gasteiger partial charge in [-0.1, -0.05) is 18.5 Å². The minimum atomic E-state index is 0.172. The van der Waals surface area contributed by atoms with E-state index in [0.717, 1.165) is 40.8 Å². The second-order valence-corrected chi connectivity index (χ2v) is 7.91. The molecule has 1 unspecified atom stereocenters. The Morgan fingerprint density at radius 2 is 1.73 bits per heavy atom. The van der Waals surface area contributed by atoms with E-state index in [9.17, 15) is 0 Å². The number of nitrogens with zero attached hydrogens (tertiary/aromatic N) is 6. The van der Waals surface area contributed by atoms with Crippen LogP contribution in [0.3, 0.4) is 0 Å². The van der Waals surface area contributed by atoms with Crippen LogP contribution in [-0.4, -0.2) is 31.3 Å². The van der Waals surface area contributed by atoms with Crippen LogP contribution in [0.4, 0.5) is 17.1 Å². The van der Waals surface area contributed by atoms with Crippen molar-refractivity contribution in [2.75, 3.05) is 17.2 Å². The SMILES string of the molecule is Cc1nnc2n1-c1ccc(-c3ncc(N)cn3)cc1N(c1ccc(Cl)cc1)CC2C. The van der Waals surface area contributed by atoms with Gasteiger partial charge in [-0.2, -0.15) is 0 Å². The molecule has 4 aromatic rings. The van der Waals surface area contributed by atoms with Crippen LogP contribution in [0.5, 0.6) is 0 Å². The fourth-order valence-corrected chi connectivity index (χ4v) is 4.00. The van der Waals surface area contributed by atoms with Crippen molar-refractivity contribution in [2.45, 2.75) is 19.8 Å². The van der Waals surface area contributed by atoms with Crippen LogP contribution in [-0.2, 0) is 0 Å². The fourth-order valence-electron chi connectivity index (χ4n) is 3.87. The lowest BCUT2D eigenvalue weighted by molar-refractivity contribution is 0.696. The summed E-state index contributed by atoms with van der Waals surface area (Å²) in [5.41, 5.74) is 10.3. The van der Waals surface area contributed by atoms with Gasteiger partial charge in [0.05, 0.1) is 29.5 Å². The van der Waals surface area contributed by atoms with Crippen molar-refractivity contribution in [3.8, 4) is 17.1 Å². The molecule has 5 rings (SSSR count). The number of fused-ring (bicyclic) bond motifs is 3. The zero-order valence-electron chi connectivity index (χ0n) is 16.6. The Kier molecular flexibility index (Phi) is 4.40. The number of benzene rings is 2. The van der Waals surface area contributed by atoms with Gasteiger partial charge in [0, 0.05) is 28.7 Å². The van der Waals surface area contributed by atoms with Crippen LogP contribution >= 0.6 is 11.6 Å². The monoisotopic (exact) mass is 417 g/mol. The summed E-state index contributed by atoms with van der Waals surface area (Å²) in [6.07, 6.45) is 3.24. The van der Waals surface area contributed by atoms with E-state index in [1.807, 2.05) is 37.3 Å². The van der Waals surface area contributed by atoms with Gasteiger partial charge >= 0.3 is 0 Å². The highest BCUT2D eigenvalue weighted by Crippen LogP contribution is 2.40. The highest BCUT2D eigenvalue weighted by atomic mass is 35.5. The molecule has 0 radical (unpaired) electrons. The normalized spacial score (nSPS) is 15.4.